The number of rotatable bonds is 21. The van der Waals surface area contributed by atoms with Crippen molar-refractivity contribution in [2.75, 3.05) is 20.3 Å². The molecule has 3 N–H and O–H groups in total. The van der Waals surface area contributed by atoms with Crippen molar-refractivity contribution in [3.63, 3.8) is 0 Å². The SMILES string of the molecule is COC(=O)CCCCCCCCCCCCCCCCCOC1C(O)C(CO)OC1n1ccc(=O)[nH]c1=O. The second-order valence-electron chi connectivity index (χ2n) is 10.2. The van der Waals surface area contributed by atoms with Crippen molar-refractivity contribution in [1.29, 1.82) is 0 Å². The number of aromatic nitrogens is 2. The van der Waals surface area contributed by atoms with E-state index >= 15 is 0 Å². The second-order valence-corrected chi connectivity index (χ2v) is 10.2. The Kier molecular flexibility index (Phi) is 16.2. The summed E-state index contributed by atoms with van der Waals surface area (Å²) in [6, 6.07) is 1.21. The number of carbonyl (C=O) groups excluding carboxylic acids is 1. The van der Waals surface area contributed by atoms with Crippen LogP contribution in [0.2, 0.25) is 0 Å². The number of nitrogens with zero attached hydrogens (tertiary/aromatic N) is 1. The van der Waals surface area contributed by atoms with Crippen LogP contribution in [0.5, 0.6) is 0 Å². The van der Waals surface area contributed by atoms with Gasteiger partial charge in [0.15, 0.2) is 6.23 Å². The standard InChI is InChI=1S/C28H48N2O8/c1-36-24(33)17-15-13-11-9-7-5-3-2-4-6-8-10-12-14-16-20-37-26-25(34)22(21-31)38-27(26)30-19-18-23(32)29-28(30)35/h18-19,22,25-27,31,34H,2-17,20-21H2,1H3,(H,29,32,35). The molecule has 10 nitrogen and oxygen atoms in total. The molecule has 0 amide bonds. The van der Waals surface area contributed by atoms with Crippen molar-refractivity contribution in [3.05, 3.63) is 33.1 Å². The molecule has 1 aliphatic rings. The lowest BCUT2D eigenvalue weighted by atomic mass is 10.0. The molecule has 38 heavy (non-hydrogen) atoms. The smallest absolute Gasteiger partial charge is 0.330 e. The largest absolute Gasteiger partial charge is 0.469 e. The van der Waals surface area contributed by atoms with Crippen LogP contribution in [0.4, 0.5) is 0 Å². The Labute approximate surface area is 225 Å². The third-order valence-corrected chi connectivity index (χ3v) is 7.18. The molecule has 0 aromatic carbocycles. The molecule has 1 aliphatic heterocycles. The monoisotopic (exact) mass is 540 g/mol. The fourth-order valence-corrected chi connectivity index (χ4v) is 4.89. The van der Waals surface area contributed by atoms with Gasteiger partial charge in [0, 0.05) is 25.3 Å². The van der Waals surface area contributed by atoms with Gasteiger partial charge in [-0.3, -0.25) is 19.1 Å². The summed E-state index contributed by atoms with van der Waals surface area (Å²) in [7, 11) is 1.44. The molecule has 4 atom stereocenters. The number of H-pyrrole nitrogens is 1. The Morgan fingerprint density at radius 3 is 1.95 bits per heavy atom. The molecule has 1 fully saturated rings. The Morgan fingerprint density at radius 2 is 1.45 bits per heavy atom. The molecule has 2 heterocycles. The molecule has 2 rings (SSSR count). The molecule has 1 aromatic rings. The van der Waals surface area contributed by atoms with E-state index in [0.29, 0.717) is 13.0 Å². The van der Waals surface area contributed by atoms with E-state index in [1.54, 1.807) is 0 Å². The normalized spacial score (nSPS) is 21.1. The molecule has 0 radical (unpaired) electrons. The molecule has 10 heteroatoms. The first-order valence-electron chi connectivity index (χ1n) is 14.4. The van der Waals surface area contributed by atoms with E-state index in [0.717, 1.165) is 32.1 Å². The van der Waals surface area contributed by atoms with Gasteiger partial charge in [0.25, 0.3) is 5.56 Å². The molecule has 0 aliphatic carbocycles. The average molecular weight is 541 g/mol. The molecule has 1 aromatic heterocycles. The quantitative estimate of drug-likeness (QED) is 0.159. The minimum Gasteiger partial charge on any atom is -0.469 e. The number of nitrogens with one attached hydrogen (secondary N) is 1. The molecule has 1 saturated heterocycles. The highest BCUT2D eigenvalue weighted by Crippen LogP contribution is 2.30. The van der Waals surface area contributed by atoms with Crippen LogP contribution >= 0.6 is 0 Å². The number of ether oxygens (including phenoxy) is 3. The lowest BCUT2D eigenvalue weighted by Gasteiger charge is -2.22. The third-order valence-electron chi connectivity index (χ3n) is 7.18. The van der Waals surface area contributed by atoms with Gasteiger partial charge in [-0.25, -0.2) is 4.79 Å². The van der Waals surface area contributed by atoms with Crippen molar-refractivity contribution >= 4 is 5.97 Å². The van der Waals surface area contributed by atoms with Crippen LogP contribution in [0.25, 0.3) is 0 Å². The van der Waals surface area contributed by atoms with E-state index in [4.69, 9.17) is 9.47 Å². The van der Waals surface area contributed by atoms with Crippen molar-refractivity contribution in [1.82, 2.24) is 9.55 Å². The highest BCUT2D eigenvalue weighted by atomic mass is 16.6. The van der Waals surface area contributed by atoms with Crippen LogP contribution in [0.1, 0.15) is 109 Å². The molecule has 0 bridgehead atoms. The number of hydrogen-bond donors (Lipinski definition) is 3. The predicted octanol–water partition coefficient (Wildman–Crippen LogP) is 3.59. The zero-order chi connectivity index (χ0) is 27.6. The van der Waals surface area contributed by atoms with Crippen LogP contribution in [0.15, 0.2) is 21.9 Å². The topological polar surface area (TPSA) is 140 Å². The van der Waals surface area contributed by atoms with Crippen LogP contribution in [-0.4, -0.2) is 64.4 Å². The van der Waals surface area contributed by atoms with E-state index in [-0.39, 0.29) is 5.97 Å². The summed E-state index contributed by atoms with van der Waals surface area (Å²) in [6.07, 6.45) is 15.9. The summed E-state index contributed by atoms with van der Waals surface area (Å²) in [5, 5.41) is 19.9. The number of aliphatic hydroxyl groups excluding tert-OH is 2. The number of aromatic amines is 1. The molecule has 0 spiro atoms. The molecule has 4 unspecified atom stereocenters. The van der Waals surface area contributed by atoms with Crippen molar-refractivity contribution in [2.45, 2.75) is 127 Å². The number of methoxy groups -OCH3 is 1. The summed E-state index contributed by atoms with van der Waals surface area (Å²) in [4.78, 5) is 36.7. The maximum atomic E-state index is 12.1. The lowest BCUT2D eigenvalue weighted by molar-refractivity contribution is -0.140. The maximum Gasteiger partial charge on any atom is 0.330 e. The van der Waals surface area contributed by atoms with Crippen molar-refractivity contribution in [2.24, 2.45) is 0 Å². The van der Waals surface area contributed by atoms with Gasteiger partial charge in [0.2, 0.25) is 0 Å². The van der Waals surface area contributed by atoms with Crippen LogP contribution in [0.3, 0.4) is 0 Å². The second kappa shape index (κ2) is 19.1. The first-order chi connectivity index (χ1) is 18.5. The summed E-state index contributed by atoms with van der Waals surface area (Å²) in [5.41, 5.74) is -1.16. The lowest BCUT2D eigenvalue weighted by Crippen LogP contribution is -2.39. The zero-order valence-corrected chi connectivity index (χ0v) is 23.0. The Morgan fingerprint density at radius 1 is 0.921 bits per heavy atom. The predicted molar refractivity (Wildman–Crippen MR) is 144 cm³/mol. The highest BCUT2D eigenvalue weighted by molar-refractivity contribution is 5.68. The summed E-state index contributed by atoms with van der Waals surface area (Å²) in [6.45, 7) is 0.0263. The average Bonchev–Trinajstić information content (AvgIpc) is 3.22. The highest BCUT2D eigenvalue weighted by Gasteiger charge is 2.45. The van der Waals surface area contributed by atoms with Crippen molar-refractivity contribution in [3.8, 4) is 0 Å². The minimum absolute atomic E-state index is 0.106. The van der Waals surface area contributed by atoms with Gasteiger partial charge in [-0.05, 0) is 12.8 Å². The number of aliphatic hydroxyl groups is 2. The summed E-state index contributed by atoms with van der Waals surface area (Å²) >= 11 is 0. The fourth-order valence-electron chi connectivity index (χ4n) is 4.89. The summed E-state index contributed by atoms with van der Waals surface area (Å²) < 4.78 is 17.3. The van der Waals surface area contributed by atoms with E-state index in [1.807, 2.05) is 0 Å². The molecule has 218 valence electrons. The molecular weight excluding hydrogens is 492 g/mol. The van der Waals surface area contributed by atoms with E-state index in [9.17, 15) is 24.6 Å². The number of hydrogen-bond acceptors (Lipinski definition) is 8. The third kappa shape index (κ3) is 11.8. The first-order valence-corrected chi connectivity index (χ1v) is 14.4. The van der Waals surface area contributed by atoms with Crippen LogP contribution in [0, 0.1) is 0 Å². The Balaban J connectivity index is 1.46. The van der Waals surface area contributed by atoms with Gasteiger partial charge in [0.05, 0.1) is 13.7 Å². The molecule has 0 saturated carbocycles. The van der Waals surface area contributed by atoms with Gasteiger partial charge < -0.3 is 24.4 Å². The van der Waals surface area contributed by atoms with E-state index < -0.39 is 42.4 Å². The number of unbranched alkanes of at least 4 members (excludes halogenated alkanes) is 14. The van der Waals surface area contributed by atoms with Gasteiger partial charge in [-0.15, -0.1) is 0 Å². The van der Waals surface area contributed by atoms with Crippen LogP contribution < -0.4 is 11.2 Å². The number of carbonyl (C=O) groups is 1. The van der Waals surface area contributed by atoms with E-state index in [1.165, 1.54) is 88.1 Å². The van der Waals surface area contributed by atoms with Gasteiger partial charge in [0.1, 0.15) is 18.3 Å². The number of esters is 1. The van der Waals surface area contributed by atoms with Gasteiger partial charge >= 0.3 is 11.7 Å². The Hall–Kier alpha value is -2.01. The minimum atomic E-state index is -1.07. The fraction of sp³-hybridized carbons (Fsp3) is 0.821. The summed E-state index contributed by atoms with van der Waals surface area (Å²) in [5.74, 6) is -0.106. The van der Waals surface area contributed by atoms with E-state index in [2.05, 4.69) is 9.72 Å². The first kappa shape index (κ1) is 32.2. The Bertz CT molecular complexity index is 886. The molecular formula is C28H48N2O8. The van der Waals surface area contributed by atoms with Crippen molar-refractivity contribution < 1.29 is 29.2 Å². The van der Waals surface area contributed by atoms with Crippen LogP contribution in [-0.2, 0) is 19.0 Å². The van der Waals surface area contributed by atoms with Gasteiger partial charge in [-0.1, -0.05) is 83.5 Å². The zero-order valence-electron chi connectivity index (χ0n) is 23.0. The maximum absolute atomic E-state index is 12.1. The van der Waals surface area contributed by atoms with Gasteiger partial charge in [-0.2, -0.15) is 0 Å².